The van der Waals surface area contributed by atoms with Gasteiger partial charge in [0.1, 0.15) is 16.5 Å². The van der Waals surface area contributed by atoms with Crippen LogP contribution in [0, 0.1) is 11.6 Å². The van der Waals surface area contributed by atoms with Gasteiger partial charge in [-0.25, -0.2) is 21.9 Å². The summed E-state index contributed by atoms with van der Waals surface area (Å²) in [6.45, 7) is 1.90. The lowest BCUT2D eigenvalue weighted by Crippen LogP contribution is -2.36. The first-order chi connectivity index (χ1) is 9.79. The van der Waals surface area contributed by atoms with Crippen molar-refractivity contribution >= 4 is 26.0 Å². The summed E-state index contributed by atoms with van der Waals surface area (Å²) >= 11 is 2.87. The van der Waals surface area contributed by atoms with Crippen LogP contribution in [0.25, 0.3) is 0 Å². The first kappa shape index (κ1) is 16.1. The summed E-state index contributed by atoms with van der Waals surface area (Å²) in [6, 6.07) is 2.61. The van der Waals surface area contributed by atoms with Crippen molar-refractivity contribution < 1.29 is 17.2 Å². The highest BCUT2D eigenvalue weighted by atomic mass is 79.9. The van der Waals surface area contributed by atoms with Crippen molar-refractivity contribution in [1.82, 2.24) is 14.5 Å². The number of benzene rings is 1. The standard InChI is InChI=1S/C12H12BrF2N3O2S/c1-8(7-18-4-2-3-16-18)17-21(19,20)12-10(13)5-9(14)6-11(12)15/h2-6,8,17H,7H2,1H3. The molecule has 1 unspecified atom stereocenters. The van der Waals surface area contributed by atoms with E-state index in [2.05, 4.69) is 25.8 Å². The lowest BCUT2D eigenvalue weighted by atomic mass is 10.3. The molecular weight excluding hydrogens is 368 g/mol. The van der Waals surface area contributed by atoms with E-state index in [1.165, 1.54) is 0 Å². The lowest BCUT2D eigenvalue weighted by Gasteiger charge is -2.15. The molecule has 114 valence electrons. The second-order valence-corrected chi connectivity index (χ2v) is 6.95. The Bertz CT molecular complexity index is 712. The second kappa shape index (κ2) is 6.20. The normalized spacial score (nSPS) is 13.3. The molecular formula is C12H12BrF2N3O2S. The molecule has 0 aliphatic carbocycles. The molecule has 1 aromatic heterocycles. The average Bonchev–Trinajstić information content (AvgIpc) is 2.78. The van der Waals surface area contributed by atoms with Gasteiger partial charge in [0.15, 0.2) is 0 Å². The van der Waals surface area contributed by atoms with Gasteiger partial charge in [-0.2, -0.15) is 5.10 Å². The van der Waals surface area contributed by atoms with E-state index in [-0.39, 0.29) is 11.0 Å². The molecule has 0 saturated heterocycles. The van der Waals surface area contributed by atoms with Crippen molar-refractivity contribution in [3.05, 3.63) is 46.7 Å². The molecule has 1 heterocycles. The fourth-order valence-corrected chi connectivity index (χ4v) is 4.24. The molecule has 21 heavy (non-hydrogen) atoms. The molecule has 1 aromatic carbocycles. The highest BCUT2D eigenvalue weighted by Gasteiger charge is 2.25. The molecule has 2 aromatic rings. The van der Waals surface area contributed by atoms with Gasteiger partial charge in [-0.05, 0) is 35.0 Å². The summed E-state index contributed by atoms with van der Waals surface area (Å²) in [5.41, 5.74) is 0. The van der Waals surface area contributed by atoms with Crippen LogP contribution in [0.5, 0.6) is 0 Å². The fraction of sp³-hybridized carbons (Fsp3) is 0.250. The molecule has 2 rings (SSSR count). The van der Waals surface area contributed by atoms with Gasteiger partial charge < -0.3 is 0 Å². The molecule has 0 radical (unpaired) electrons. The Morgan fingerprint density at radius 2 is 2.14 bits per heavy atom. The predicted molar refractivity (Wildman–Crippen MR) is 76.1 cm³/mol. The van der Waals surface area contributed by atoms with Gasteiger partial charge in [0.2, 0.25) is 10.0 Å². The first-order valence-corrected chi connectivity index (χ1v) is 8.21. The molecule has 0 amide bonds. The fourth-order valence-electron chi connectivity index (χ4n) is 1.84. The van der Waals surface area contributed by atoms with E-state index < -0.39 is 32.6 Å². The molecule has 1 atom stereocenters. The number of hydrogen-bond donors (Lipinski definition) is 1. The largest absolute Gasteiger partial charge is 0.271 e. The van der Waals surface area contributed by atoms with Crippen molar-refractivity contribution in [2.75, 3.05) is 0 Å². The minimum Gasteiger partial charge on any atom is -0.271 e. The van der Waals surface area contributed by atoms with Crippen molar-refractivity contribution in [2.45, 2.75) is 24.4 Å². The third-order valence-electron chi connectivity index (χ3n) is 2.61. The van der Waals surface area contributed by atoms with E-state index in [9.17, 15) is 17.2 Å². The molecule has 5 nitrogen and oxygen atoms in total. The Morgan fingerprint density at radius 3 is 2.71 bits per heavy atom. The zero-order valence-corrected chi connectivity index (χ0v) is 13.3. The van der Waals surface area contributed by atoms with Gasteiger partial charge in [-0.3, -0.25) is 4.68 Å². The molecule has 1 N–H and O–H groups in total. The van der Waals surface area contributed by atoms with Crippen molar-refractivity contribution in [1.29, 1.82) is 0 Å². The minimum atomic E-state index is -4.12. The Hall–Kier alpha value is -1.32. The maximum Gasteiger partial charge on any atom is 0.244 e. The van der Waals surface area contributed by atoms with E-state index in [0.717, 1.165) is 6.07 Å². The maximum absolute atomic E-state index is 13.7. The van der Waals surface area contributed by atoms with Gasteiger partial charge in [-0.15, -0.1) is 0 Å². The number of halogens is 3. The Morgan fingerprint density at radius 1 is 1.43 bits per heavy atom. The Labute approximate surface area is 129 Å². The molecule has 9 heteroatoms. The van der Waals surface area contributed by atoms with Crippen LogP contribution < -0.4 is 4.72 Å². The van der Waals surface area contributed by atoms with E-state index in [4.69, 9.17) is 0 Å². The summed E-state index contributed by atoms with van der Waals surface area (Å²) < 4.78 is 54.8. The van der Waals surface area contributed by atoms with E-state index in [1.54, 1.807) is 30.1 Å². The second-order valence-electron chi connectivity index (χ2n) is 4.45. The van der Waals surface area contributed by atoms with Crippen LogP contribution in [0.3, 0.4) is 0 Å². The summed E-state index contributed by atoms with van der Waals surface area (Å²) in [5, 5.41) is 3.95. The SMILES string of the molecule is CC(Cn1cccn1)NS(=O)(=O)c1c(F)cc(F)cc1Br. The summed E-state index contributed by atoms with van der Waals surface area (Å²) in [5.74, 6) is -2.01. The average molecular weight is 380 g/mol. The first-order valence-electron chi connectivity index (χ1n) is 5.94. The van der Waals surface area contributed by atoms with Crippen LogP contribution in [0.2, 0.25) is 0 Å². The van der Waals surface area contributed by atoms with Crippen LogP contribution in [-0.2, 0) is 16.6 Å². The maximum atomic E-state index is 13.7. The van der Waals surface area contributed by atoms with Gasteiger partial charge in [-0.1, -0.05) is 0 Å². The minimum absolute atomic E-state index is 0.168. The molecule has 0 aliphatic rings. The number of nitrogens with zero attached hydrogens (tertiary/aromatic N) is 2. The van der Waals surface area contributed by atoms with Gasteiger partial charge in [0.05, 0.1) is 6.54 Å². The van der Waals surface area contributed by atoms with Crippen LogP contribution in [0.1, 0.15) is 6.92 Å². The monoisotopic (exact) mass is 379 g/mol. The lowest BCUT2D eigenvalue weighted by molar-refractivity contribution is 0.488. The molecule has 0 bridgehead atoms. The zero-order valence-electron chi connectivity index (χ0n) is 10.9. The van der Waals surface area contributed by atoms with E-state index in [1.807, 2.05) is 0 Å². The van der Waals surface area contributed by atoms with E-state index >= 15 is 0 Å². The third kappa shape index (κ3) is 3.86. The van der Waals surface area contributed by atoms with Crippen molar-refractivity contribution in [2.24, 2.45) is 0 Å². The number of rotatable bonds is 5. The van der Waals surface area contributed by atoms with Gasteiger partial charge in [0, 0.05) is 29.0 Å². The van der Waals surface area contributed by atoms with Gasteiger partial charge in [0.25, 0.3) is 0 Å². The molecule has 0 aliphatic heterocycles. The van der Waals surface area contributed by atoms with Crippen LogP contribution in [0.15, 0.2) is 40.0 Å². The highest BCUT2D eigenvalue weighted by molar-refractivity contribution is 9.10. The molecule has 0 saturated carbocycles. The number of hydrogen-bond acceptors (Lipinski definition) is 3. The summed E-state index contributed by atoms with van der Waals surface area (Å²) in [4.78, 5) is -0.615. The number of sulfonamides is 1. The van der Waals surface area contributed by atoms with Crippen molar-refractivity contribution in [3.63, 3.8) is 0 Å². The van der Waals surface area contributed by atoms with Gasteiger partial charge >= 0.3 is 0 Å². The third-order valence-corrected chi connectivity index (χ3v) is 5.16. The summed E-state index contributed by atoms with van der Waals surface area (Å²) in [7, 11) is -4.12. The van der Waals surface area contributed by atoms with Crippen LogP contribution >= 0.6 is 15.9 Å². The Balaban J connectivity index is 2.22. The highest BCUT2D eigenvalue weighted by Crippen LogP contribution is 2.26. The summed E-state index contributed by atoms with van der Waals surface area (Å²) in [6.07, 6.45) is 3.25. The number of nitrogens with one attached hydrogen (secondary N) is 1. The quantitative estimate of drug-likeness (QED) is 0.866. The topological polar surface area (TPSA) is 64.0 Å². The molecule has 0 spiro atoms. The van der Waals surface area contributed by atoms with Crippen molar-refractivity contribution in [3.8, 4) is 0 Å². The predicted octanol–water partition coefficient (Wildman–Crippen LogP) is 2.29. The number of aromatic nitrogens is 2. The zero-order chi connectivity index (χ0) is 15.6. The van der Waals surface area contributed by atoms with Crippen LogP contribution in [0.4, 0.5) is 8.78 Å². The molecule has 0 fully saturated rings. The van der Waals surface area contributed by atoms with Crippen LogP contribution in [-0.4, -0.2) is 24.2 Å². The Kier molecular flexibility index (Phi) is 4.74. The smallest absolute Gasteiger partial charge is 0.244 e. The van der Waals surface area contributed by atoms with E-state index in [0.29, 0.717) is 6.07 Å².